The smallest absolute Gasteiger partial charge is 0.418 e. The van der Waals surface area contributed by atoms with Crippen LogP contribution in [0.3, 0.4) is 0 Å². The van der Waals surface area contributed by atoms with Crippen molar-refractivity contribution in [3.05, 3.63) is 64.8 Å². The molecule has 0 unspecified atom stereocenters. The van der Waals surface area contributed by atoms with Crippen LogP contribution in [0.5, 0.6) is 11.6 Å². The van der Waals surface area contributed by atoms with Gasteiger partial charge in [0.15, 0.2) is 0 Å². The van der Waals surface area contributed by atoms with E-state index in [2.05, 4.69) is 21.4 Å². The Hall–Kier alpha value is -3.89. The third kappa shape index (κ3) is 6.29. The maximum Gasteiger partial charge on any atom is 0.418 e. The number of alkyl halides is 3. The predicted octanol–water partition coefficient (Wildman–Crippen LogP) is 5.38. The van der Waals surface area contributed by atoms with Gasteiger partial charge < -0.3 is 15.0 Å². The van der Waals surface area contributed by atoms with Crippen molar-refractivity contribution in [2.75, 3.05) is 36.4 Å². The Morgan fingerprint density at radius 2 is 1.70 bits per heavy atom. The number of nitrogens with one attached hydrogen (secondary N) is 1. The van der Waals surface area contributed by atoms with Crippen molar-refractivity contribution in [2.45, 2.75) is 39.1 Å². The third-order valence-corrected chi connectivity index (χ3v) is 8.80. The number of nitriles is 1. The number of piperazine rings is 1. The predicted molar refractivity (Wildman–Crippen MR) is 145 cm³/mol. The van der Waals surface area contributed by atoms with Crippen molar-refractivity contribution in [1.29, 1.82) is 5.26 Å². The van der Waals surface area contributed by atoms with Gasteiger partial charge in [-0.1, -0.05) is 0 Å². The number of hydrogen-bond acceptors (Lipinski definition) is 8. The molecule has 1 saturated heterocycles. The average Bonchev–Trinajstić information content (AvgIpc) is 2.90. The number of aryl methyl sites for hydroxylation is 2. The monoisotopic (exact) mass is 574 g/mol. The number of ether oxygens (including phenoxy) is 1. The lowest BCUT2D eigenvalue weighted by molar-refractivity contribution is -0.137. The summed E-state index contributed by atoms with van der Waals surface area (Å²) in [5, 5.41) is 11.4. The fourth-order valence-electron chi connectivity index (χ4n) is 4.47. The number of rotatable bonds is 7. The molecular formula is C27H29F3N6O3S. The molecule has 9 nitrogen and oxygen atoms in total. The van der Waals surface area contributed by atoms with Crippen molar-refractivity contribution in [3.8, 4) is 17.7 Å². The van der Waals surface area contributed by atoms with Gasteiger partial charge in [0.25, 0.3) is 0 Å². The number of halogens is 3. The van der Waals surface area contributed by atoms with Crippen LogP contribution in [-0.2, 0) is 16.2 Å². The molecule has 1 aliphatic heterocycles. The fraction of sp³-hybridized carbons (Fsp3) is 0.370. The summed E-state index contributed by atoms with van der Waals surface area (Å²) in [6, 6.07) is 10.8. The van der Waals surface area contributed by atoms with E-state index in [0.717, 1.165) is 17.2 Å². The Morgan fingerprint density at radius 3 is 2.27 bits per heavy atom. The molecule has 1 N–H and O–H groups in total. The van der Waals surface area contributed by atoms with E-state index < -0.39 is 27.0 Å². The Kier molecular flexibility index (Phi) is 8.23. The van der Waals surface area contributed by atoms with Gasteiger partial charge in [-0.05, 0) is 69.2 Å². The minimum absolute atomic E-state index is 0.0237. The Balaban J connectivity index is 1.54. The number of nitrogens with zero attached hydrogens (tertiary/aromatic N) is 5. The van der Waals surface area contributed by atoms with Gasteiger partial charge in [-0.25, -0.2) is 13.4 Å². The highest BCUT2D eigenvalue weighted by atomic mass is 32.2. The lowest BCUT2D eigenvalue weighted by Gasteiger charge is -2.37. The average molecular weight is 575 g/mol. The number of sulfonamides is 1. The van der Waals surface area contributed by atoms with Crippen LogP contribution in [0.15, 0.2) is 42.6 Å². The highest BCUT2D eigenvalue weighted by molar-refractivity contribution is 7.89. The number of benzene rings is 2. The summed E-state index contributed by atoms with van der Waals surface area (Å²) in [6.07, 6.45) is -3.23. The van der Waals surface area contributed by atoms with Crippen LogP contribution < -0.4 is 15.0 Å². The summed E-state index contributed by atoms with van der Waals surface area (Å²) in [6.45, 7) is 7.25. The fourth-order valence-corrected chi connectivity index (χ4v) is 5.74. The van der Waals surface area contributed by atoms with Crippen molar-refractivity contribution in [1.82, 2.24) is 14.3 Å². The zero-order valence-electron chi connectivity index (χ0n) is 22.5. The van der Waals surface area contributed by atoms with E-state index in [0.29, 0.717) is 11.3 Å². The van der Waals surface area contributed by atoms with Crippen molar-refractivity contribution >= 4 is 27.3 Å². The van der Waals surface area contributed by atoms with Crippen LogP contribution >= 0.6 is 0 Å². The first-order valence-corrected chi connectivity index (χ1v) is 14.0. The topological polar surface area (TPSA) is 111 Å². The van der Waals surface area contributed by atoms with Crippen molar-refractivity contribution < 1.29 is 26.3 Å². The number of aromatic nitrogens is 2. The van der Waals surface area contributed by atoms with Crippen LogP contribution in [0.1, 0.15) is 36.1 Å². The molecule has 1 aliphatic rings. The van der Waals surface area contributed by atoms with Gasteiger partial charge in [0.05, 0.1) is 22.4 Å². The van der Waals surface area contributed by atoms with Crippen LogP contribution in [0.25, 0.3) is 0 Å². The molecule has 0 spiro atoms. The molecule has 2 aromatic carbocycles. The van der Waals surface area contributed by atoms with E-state index in [-0.39, 0.29) is 49.4 Å². The van der Waals surface area contributed by atoms with E-state index in [1.165, 1.54) is 28.7 Å². The second-order valence-electron chi connectivity index (χ2n) is 9.71. The second-order valence-corrected chi connectivity index (χ2v) is 12.2. The zero-order chi connectivity index (χ0) is 29.2. The molecular weight excluding hydrogens is 545 g/mol. The van der Waals surface area contributed by atoms with Crippen LogP contribution in [0.4, 0.5) is 30.5 Å². The van der Waals surface area contributed by atoms with Gasteiger partial charge in [-0.3, -0.25) is 0 Å². The molecule has 0 saturated carbocycles. The summed E-state index contributed by atoms with van der Waals surface area (Å²) in [7, 11) is -3.48. The molecule has 0 radical (unpaired) electrons. The summed E-state index contributed by atoms with van der Waals surface area (Å²) in [5.41, 5.74) is 1.22. The lowest BCUT2D eigenvalue weighted by atomic mass is 10.1. The minimum atomic E-state index is -4.65. The number of hydrogen-bond donors (Lipinski definition) is 1. The SMILES string of the molecule is Cc1cc(C#N)cc(C)c1Oc1ccnc(Nc2ccc(N3CCN(S(=O)(=O)C(C)C)CC3)c(C(F)(F)F)c2)n1. The van der Waals surface area contributed by atoms with Crippen LogP contribution in [0.2, 0.25) is 0 Å². The van der Waals surface area contributed by atoms with Crippen molar-refractivity contribution in [3.63, 3.8) is 0 Å². The van der Waals surface area contributed by atoms with Gasteiger partial charge in [0.2, 0.25) is 21.9 Å². The maximum atomic E-state index is 14.1. The molecule has 0 amide bonds. The highest BCUT2D eigenvalue weighted by Crippen LogP contribution is 2.39. The standard InChI is InChI=1S/C27H29F3N6O3S/c1-17(2)40(37,38)36-11-9-35(10-12-36)23-6-5-21(15-22(23)27(28,29)30)33-26-32-8-7-24(34-26)39-25-18(3)13-20(16-31)14-19(25)4/h5-8,13-15,17H,9-12H2,1-4H3,(H,32,33,34). The molecule has 0 bridgehead atoms. The molecule has 13 heteroatoms. The van der Waals surface area contributed by atoms with Crippen LogP contribution in [-0.4, -0.2) is 54.1 Å². The maximum absolute atomic E-state index is 14.1. The Morgan fingerprint density at radius 1 is 1.05 bits per heavy atom. The van der Waals surface area contributed by atoms with Gasteiger partial charge >= 0.3 is 6.18 Å². The summed E-state index contributed by atoms with van der Waals surface area (Å²) in [4.78, 5) is 9.92. The summed E-state index contributed by atoms with van der Waals surface area (Å²) >= 11 is 0. The quantitative estimate of drug-likeness (QED) is 0.401. The zero-order valence-corrected chi connectivity index (χ0v) is 23.3. The first-order chi connectivity index (χ1) is 18.8. The van der Waals surface area contributed by atoms with E-state index in [4.69, 9.17) is 10.00 Å². The molecule has 0 aliphatic carbocycles. The second kappa shape index (κ2) is 11.3. The Labute approximate surface area is 231 Å². The van der Waals surface area contributed by atoms with Crippen molar-refractivity contribution in [2.24, 2.45) is 0 Å². The van der Waals surface area contributed by atoms with Gasteiger partial charge in [-0.2, -0.15) is 27.7 Å². The molecule has 3 aromatic rings. The largest absolute Gasteiger partial charge is 0.438 e. The molecule has 1 fully saturated rings. The van der Waals surface area contributed by atoms with E-state index in [9.17, 15) is 21.6 Å². The third-order valence-electron chi connectivity index (χ3n) is 6.52. The first kappa shape index (κ1) is 29.1. The number of anilines is 3. The summed E-state index contributed by atoms with van der Waals surface area (Å²) in [5.74, 6) is 0.735. The molecule has 1 aromatic heterocycles. The van der Waals surface area contributed by atoms with E-state index in [1.54, 1.807) is 44.7 Å². The lowest BCUT2D eigenvalue weighted by Crippen LogP contribution is -2.50. The molecule has 212 valence electrons. The Bertz CT molecular complexity index is 1520. The summed E-state index contributed by atoms with van der Waals surface area (Å²) < 4.78 is 74.4. The first-order valence-electron chi connectivity index (χ1n) is 12.5. The van der Waals surface area contributed by atoms with Crippen LogP contribution in [0, 0.1) is 25.2 Å². The molecule has 0 atom stereocenters. The minimum Gasteiger partial charge on any atom is -0.438 e. The van der Waals surface area contributed by atoms with Gasteiger partial charge in [0.1, 0.15) is 5.75 Å². The highest BCUT2D eigenvalue weighted by Gasteiger charge is 2.37. The van der Waals surface area contributed by atoms with E-state index >= 15 is 0 Å². The van der Waals surface area contributed by atoms with Gasteiger partial charge in [0, 0.05) is 49.8 Å². The molecule has 4 rings (SSSR count). The molecule has 2 heterocycles. The van der Waals surface area contributed by atoms with E-state index in [1.807, 2.05) is 0 Å². The van der Waals surface area contributed by atoms with Gasteiger partial charge in [-0.15, -0.1) is 0 Å². The molecule has 40 heavy (non-hydrogen) atoms. The normalized spacial score (nSPS) is 14.7.